The molecular formula is C9H15F2NOS. The maximum Gasteiger partial charge on any atom is 0.255 e. The van der Waals surface area contributed by atoms with E-state index in [-0.39, 0.29) is 11.3 Å². The van der Waals surface area contributed by atoms with Gasteiger partial charge in [-0.1, -0.05) is 0 Å². The molecule has 1 aliphatic rings. The fraction of sp³-hybridized carbons (Fsp3) is 0.889. The highest BCUT2D eigenvalue weighted by Gasteiger charge is 2.43. The number of hydrogen-bond donors (Lipinski definition) is 1. The lowest BCUT2D eigenvalue weighted by Crippen LogP contribution is -2.33. The predicted octanol–water partition coefficient (Wildman–Crippen LogP) is 1.81. The Kier molecular flexibility index (Phi) is 3.75. The summed E-state index contributed by atoms with van der Waals surface area (Å²) in [4.78, 5) is 12.6. The number of nitrogens with zero attached hydrogens (tertiary/aromatic N) is 1. The van der Waals surface area contributed by atoms with E-state index in [1.54, 1.807) is 0 Å². The van der Waals surface area contributed by atoms with E-state index in [1.807, 2.05) is 0 Å². The standard InChI is InChI=1S/C9H15F2NOS/c1-12(5-7(10)11)8(13)4-9(6-14)2-3-9/h7,14H,2-6H2,1H3. The maximum absolute atomic E-state index is 12.0. The Labute approximate surface area is 88.1 Å². The van der Waals surface area contributed by atoms with Crippen LogP contribution in [0.5, 0.6) is 0 Å². The molecule has 0 aromatic carbocycles. The number of alkyl halides is 2. The van der Waals surface area contributed by atoms with Crippen molar-refractivity contribution in [2.75, 3.05) is 19.3 Å². The molecule has 0 aromatic rings. The van der Waals surface area contributed by atoms with Crippen LogP contribution in [0.3, 0.4) is 0 Å². The molecule has 0 saturated heterocycles. The third-order valence-corrected chi connectivity index (χ3v) is 3.33. The van der Waals surface area contributed by atoms with E-state index in [2.05, 4.69) is 12.6 Å². The molecule has 0 radical (unpaired) electrons. The lowest BCUT2D eigenvalue weighted by atomic mass is 10.0. The quantitative estimate of drug-likeness (QED) is 0.705. The average Bonchev–Trinajstić information content (AvgIpc) is 2.84. The van der Waals surface area contributed by atoms with Gasteiger partial charge in [-0.3, -0.25) is 4.79 Å². The number of carbonyl (C=O) groups is 1. The van der Waals surface area contributed by atoms with E-state index >= 15 is 0 Å². The lowest BCUT2D eigenvalue weighted by molar-refractivity contribution is -0.132. The van der Waals surface area contributed by atoms with Crippen LogP contribution in [0.25, 0.3) is 0 Å². The zero-order valence-corrected chi connectivity index (χ0v) is 9.07. The molecule has 1 saturated carbocycles. The van der Waals surface area contributed by atoms with Crippen molar-refractivity contribution in [3.8, 4) is 0 Å². The summed E-state index contributed by atoms with van der Waals surface area (Å²) in [6.45, 7) is -0.471. The first-order chi connectivity index (χ1) is 6.49. The monoisotopic (exact) mass is 223 g/mol. The largest absolute Gasteiger partial charge is 0.340 e. The van der Waals surface area contributed by atoms with Crippen LogP contribution in [0.4, 0.5) is 8.78 Å². The van der Waals surface area contributed by atoms with E-state index in [0.29, 0.717) is 12.2 Å². The Hall–Kier alpha value is -0.320. The maximum atomic E-state index is 12.0. The molecule has 5 heteroatoms. The van der Waals surface area contributed by atoms with Gasteiger partial charge in [0.1, 0.15) is 0 Å². The summed E-state index contributed by atoms with van der Waals surface area (Å²) in [5, 5.41) is 0. The normalized spacial score (nSPS) is 18.4. The van der Waals surface area contributed by atoms with Gasteiger partial charge in [0.25, 0.3) is 6.43 Å². The van der Waals surface area contributed by atoms with Crippen LogP contribution < -0.4 is 0 Å². The van der Waals surface area contributed by atoms with Gasteiger partial charge in [0, 0.05) is 13.5 Å². The number of carbonyl (C=O) groups excluding carboxylic acids is 1. The molecule has 0 N–H and O–H groups in total. The summed E-state index contributed by atoms with van der Waals surface area (Å²) in [6, 6.07) is 0. The molecule has 0 bridgehead atoms. The second-order valence-electron chi connectivity index (χ2n) is 4.00. The summed E-state index contributed by atoms with van der Waals surface area (Å²) in [5.41, 5.74) is 0.0105. The van der Waals surface area contributed by atoms with Gasteiger partial charge >= 0.3 is 0 Å². The number of amides is 1. The van der Waals surface area contributed by atoms with E-state index in [9.17, 15) is 13.6 Å². The van der Waals surface area contributed by atoms with Gasteiger partial charge in [-0.15, -0.1) is 0 Å². The number of rotatable bonds is 5. The first kappa shape index (κ1) is 11.8. The Morgan fingerprint density at radius 1 is 1.57 bits per heavy atom. The van der Waals surface area contributed by atoms with Crippen molar-refractivity contribution in [3.63, 3.8) is 0 Å². The third kappa shape index (κ3) is 3.12. The summed E-state index contributed by atoms with van der Waals surface area (Å²) in [7, 11) is 1.42. The highest BCUT2D eigenvalue weighted by Crippen LogP contribution is 2.49. The summed E-state index contributed by atoms with van der Waals surface area (Å²) in [6.07, 6.45) is -0.106. The van der Waals surface area contributed by atoms with Gasteiger partial charge in [0.2, 0.25) is 5.91 Å². The fourth-order valence-electron chi connectivity index (χ4n) is 1.33. The first-order valence-electron chi connectivity index (χ1n) is 4.62. The Bertz CT molecular complexity index is 219. The van der Waals surface area contributed by atoms with E-state index in [0.717, 1.165) is 17.7 Å². The van der Waals surface area contributed by atoms with Crippen molar-refractivity contribution >= 4 is 18.5 Å². The summed E-state index contributed by atoms with van der Waals surface area (Å²) in [5.74, 6) is 0.471. The number of halogens is 2. The zero-order chi connectivity index (χ0) is 10.8. The molecule has 1 fully saturated rings. The van der Waals surface area contributed by atoms with Crippen LogP contribution in [0.1, 0.15) is 19.3 Å². The average molecular weight is 223 g/mol. The molecule has 0 unspecified atom stereocenters. The molecule has 0 atom stereocenters. The fourth-order valence-corrected chi connectivity index (χ4v) is 1.76. The van der Waals surface area contributed by atoms with Gasteiger partial charge in [0.15, 0.2) is 0 Å². The Morgan fingerprint density at radius 3 is 2.50 bits per heavy atom. The molecule has 0 aromatic heterocycles. The van der Waals surface area contributed by atoms with Crippen LogP contribution >= 0.6 is 12.6 Å². The van der Waals surface area contributed by atoms with Gasteiger partial charge in [0.05, 0.1) is 6.54 Å². The molecular weight excluding hydrogens is 208 g/mol. The van der Waals surface area contributed by atoms with Crippen LogP contribution in [-0.2, 0) is 4.79 Å². The van der Waals surface area contributed by atoms with E-state index < -0.39 is 13.0 Å². The molecule has 1 amide bonds. The van der Waals surface area contributed by atoms with E-state index in [1.165, 1.54) is 7.05 Å². The Balaban J connectivity index is 2.34. The smallest absolute Gasteiger partial charge is 0.255 e. The molecule has 0 heterocycles. The minimum atomic E-state index is -2.45. The van der Waals surface area contributed by atoms with Gasteiger partial charge in [-0.05, 0) is 24.0 Å². The third-order valence-electron chi connectivity index (χ3n) is 2.66. The topological polar surface area (TPSA) is 20.3 Å². The predicted molar refractivity (Wildman–Crippen MR) is 53.8 cm³/mol. The first-order valence-corrected chi connectivity index (χ1v) is 5.25. The van der Waals surface area contributed by atoms with E-state index in [4.69, 9.17) is 0 Å². The minimum absolute atomic E-state index is 0.0105. The molecule has 0 spiro atoms. The van der Waals surface area contributed by atoms with Crippen LogP contribution in [0, 0.1) is 5.41 Å². The molecule has 1 rings (SSSR count). The van der Waals surface area contributed by atoms with Crippen molar-refractivity contribution in [1.82, 2.24) is 4.90 Å². The van der Waals surface area contributed by atoms with Gasteiger partial charge < -0.3 is 4.90 Å². The summed E-state index contributed by atoms with van der Waals surface area (Å²) < 4.78 is 23.9. The minimum Gasteiger partial charge on any atom is -0.340 e. The van der Waals surface area contributed by atoms with Gasteiger partial charge in [-0.2, -0.15) is 12.6 Å². The number of thiol groups is 1. The molecule has 0 aliphatic heterocycles. The zero-order valence-electron chi connectivity index (χ0n) is 8.17. The second kappa shape index (κ2) is 4.47. The molecule has 82 valence electrons. The molecule has 14 heavy (non-hydrogen) atoms. The van der Waals surface area contributed by atoms with Crippen molar-refractivity contribution in [2.24, 2.45) is 5.41 Å². The second-order valence-corrected chi connectivity index (χ2v) is 4.32. The molecule has 1 aliphatic carbocycles. The van der Waals surface area contributed by atoms with Gasteiger partial charge in [-0.25, -0.2) is 8.78 Å². The van der Waals surface area contributed by atoms with Crippen LogP contribution in [0.2, 0.25) is 0 Å². The number of hydrogen-bond acceptors (Lipinski definition) is 2. The molecule has 2 nitrogen and oxygen atoms in total. The van der Waals surface area contributed by atoms with Crippen molar-refractivity contribution < 1.29 is 13.6 Å². The highest BCUT2D eigenvalue weighted by atomic mass is 32.1. The lowest BCUT2D eigenvalue weighted by Gasteiger charge is -2.19. The Morgan fingerprint density at radius 2 is 2.14 bits per heavy atom. The summed E-state index contributed by atoms with van der Waals surface area (Å²) >= 11 is 4.16. The highest BCUT2D eigenvalue weighted by molar-refractivity contribution is 7.80. The van der Waals surface area contributed by atoms with Crippen LogP contribution in [-0.4, -0.2) is 36.6 Å². The van der Waals surface area contributed by atoms with Crippen LogP contribution in [0.15, 0.2) is 0 Å². The van der Waals surface area contributed by atoms with Crippen molar-refractivity contribution in [1.29, 1.82) is 0 Å². The SMILES string of the molecule is CN(CC(F)F)C(=O)CC1(CS)CC1. The van der Waals surface area contributed by atoms with Crippen molar-refractivity contribution in [3.05, 3.63) is 0 Å². The van der Waals surface area contributed by atoms with Crippen molar-refractivity contribution in [2.45, 2.75) is 25.7 Å².